The first-order chi connectivity index (χ1) is 11.6. The maximum atomic E-state index is 10.6. The summed E-state index contributed by atoms with van der Waals surface area (Å²) in [5.74, 6) is -0.297. The Bertz CT molecular complexity index is 520. The third-order valence-electron chi connectivity index (χ3n) is 3.79. The van der Waals surface area contributed by atoms with Crippen molar-refractivity contribution in [2.24, 2.45) is 5.73 Å². The van der Waals surface area contributed by atoms with Gasteiger partial charge in [0.1, 0.15) is 0 Å². The molecule has 0 aromatic heterocycles. The van der Waals surface area contributed by atoms with Crippen LogP contribution >= 0.6 is 0 Å². The summed E-state index contributed by atoms with van der Waals surface area (Å²) in [4.78, 5) is 23.1. The molecule has 3 amide bonds. The van der Waals surface area contributed by atoms with Crippen LogP contribution in [0.5, 0.6) is 0 Å². The Morgan fingerprint density at radius 2 is 1.88 bits per heavy atom. The zero-order valence-corrected chi connectivity index (χ0v) is 18.9. The molecule has 3 N–H and O–H groups in total. The van der Waals surface area contributed by atoms with Gasteiger partial charge in [0.15, 0.2) is 0 Å². The van der Waals surface area contributed by atoms with Gasteiger partial charge in [0.05, 0.1) is 0 Å². The number of anilines is 1. The van der Waals surface area contributed by atoms with E-state index in [-0.39, 0.29) is 57.3 Å². The van der Waals surface area contributed by atoms with Crippen molar-refractivity contribution in [2.45, 2.75) is 45.6 Å². The molecule has 1 aromatic rings. The SMILES string of the molecule is CCCCC(=O)NC(N)=O.C[N-]Cc1ccccc1N1CCCC1.[K+]. The van der Waals surface area contributed by atoms with Crippen LogP contribution in [0.2, 0.25) is 0 Å². The molecular weight excluding hydrogens is 343 g/mol. The van der Waals surface area contributed by atoms with E-state index >= 15 is 0 Å². The van der Waals surface area contributed by atoms with Crippen molar-refractivity contribution < 1.29 is 61.0 Å². The molecule has 0 bridgehead atoms. The van der Waals surface area contributed by atoms with E-state index < -0.39 is 6.03 Å². The number of hydrogen-bond acceptors (Lipinski definition) is 3. The molecule has 1 fully saturated rings. The number of nitrogens with one attached hydrogen (secondary N) is 1. The second-order valence-electron chi connectivity index (χ2n) is 5.81. The number of carbonyl (C=O) groups is 2. The van der Waals surface area contributed by atoms with Crippen LogP contribution in [0.3, 0.4) is 0 Å². The standard InChI is InChI=1S/C12H17N2.C6H12N2O2.K/c1-13-10-11-6-2-3-7-12(11)14-8-4-5-9-14;1-2-3-4-5(9)8-6(7)10;/h2-3,6-7H,4-5,8-10H2,1H3;2-4H2,1H3,(H3,7,8,9,10);/q-1;;+1. The van der Waals surface area contributed by atoms with E-state index in [0.717, 1.165) is 19.4 Å². The van der Waals surface area contributed by atoms with Gasteiger partial charge in [-0.3, -0.25) is 10.1 Å². The number of benzene rings is 1. The maximum Gasteiger partial charge on any atom is 1.00 e. The second-order valence-corrected chi connectivity index (χ2v) is 5.81. The van der Waals surface area contributed by atoms with E-state index in [2.05, 4.69) is 34.5 Å². The first-order valence-corrected chi connectivity index (χ1v) is 8.56. The molecule has 0 saturated carbocycles. The van der Waals surface area contributed by atoms with Gasteiger partial charge >= 0.3 is 57.4 Å². The van der Waals surface area contributed by atoms with Gasteiger partial charge in [0.2, 0.25) is 5.91 Å². The number of unbranched alkanes of at least 4 members (excludes halogenated alkanes) is 1. The van der Waals surface area contributed by atoms with Crippen LogP contribution in [-0.4, -0.2) is 32.1 Å². The summed E-state index contributed by atoms with van der Waals surface area (Å²) in [6, 6.07) is 7.83. The molecule has 6 nitrogen and oxygen atoms in total. The second kappa shape index (κ2) is 14.7. The molecule has 134 valence electrons. The van der Waals surface area contributed by atoms with E-state index in [9.17, 15) is 9.59 Å². The van der Waals surface area contributed by atoms with E-state index in [4.69, 9.17) is 5.73 Å². The van der Waals surface area contributed by atoms with E-state index in [1.54, 1.807) is 0 Å². The monoisotopic (exact) mass is 372 g/mol. The number of carbonyl (C=O) groups excluding carboxylic acids is 2. The Kier molecular flexibility index (Phi) is 14.4. The minimum atomic E-state index is -0.777. The van der Waals surface area contributed by atoms with Gasteiger partial charge in [-0.25, -0.2) is 4.79 Å². The van der Waals surface area contributed by atoms with E-state index in [1.807, 2.05) is 19.3 Å². The fraction of sp³-hybridized carbons (Fsp3) is 0.556. The van der Waals surface area contributed by atoms with Crippen LogP contribution in [0.1, 0.15) is 44.6 Å². The molecule has 1 aromatic carbocycles. The first-order valence-electron chi connectivity index (χ1n) is 8.56. The van der Waals surface area contributed by atoms with Crippen molar-refractivity contribution in [1.29, 1.82) is 0 Å². The molecule has 0 atom stereocenters. The molecule has 0 unspecified atom stereocenters. The van der Waals surface area contributed by atoms with Crippen LogP contribution in [0.25, 0.3) is 5.32 Å². The van der Waals surface area contributed by atoms with Gasteiger partial charge in [-0.15, -0.1) is 6.54 Å². The average Bonchev–Trinajstić information content (AvgIpc) is 3.08. The number of amides is 3. The summed E-state index contributed by atoms with van der Waals surface area (Å²) < 4.78 is 0. The van der Waals surface area contributed by atoms with E-state index in [0.29, 0.717) is 6.42 Å². The number of imide groups is 1. The molecule has 1 heterocycles. The predicted molar refractivity (Wildman–Crippen MR) is 98.1 cm³/mol. The Morgan fingerprint density at radius 1 is 1.24 bits per heavy atom. The molecule has 0 aliphatic carbocycles. The average molecular weight is 373 g/mol. The molecule has 2 rings (SSSR count). The van der Waals surface area contributed by atoms with Crippen LogP contribution in [0.4, 0.5) is 10.5 Å². The predicted octanol–water partition coefficient (Wildman–Crippen LogP) is 0.166. The van der Waals surface area contributed by atoms with E-state index in [1.165, 1.54) is 37.2 Å². The molecule has 1 aliphatic rings. The fourth-order valence-corrected chi connectivity index (χ4v) is 2.62. The van der Waals surface area contributed by atoms with Gasteiger partial charge in [0, 0.05) is 25.2 Å². The Labute approximate surface area is 193 Å². The summed E-state index contributed by atoms with van der Waals surface area (Å²) in [6.07, 6.45) is 4.76. The zero-order valence-electron chi connectivity index (χ0n) is 15.8. The van der Waals surface area contributed by atoms with Crippen molar-refractivity contribution in [1.82, 2.24) is 5.32 Å². The summed E-state index contributed by atoms with van der Waals surface area (Å²) in [7, 11) is 1.88. The summed E-state index contributed by atoms with van der Waals surface area (Å²) in [5.41, 5.74) is 7.44. The normalized spacial score (nSPS) is 12.6. The smallest absolute Gasteiger partial charge is 0.661 e. The minimum absolute atomic E-state index is 0. The number of nitrogens with zero attached hydrogens (tertiary/aromatic N) is 2. The summed E-state index contributed by atoms with van der Waals surface area (Å²) in [5, 5.41) is 6.19. The maximum absolute atomic E-state index is 10.6. The van der Waals surface area contributed by atoms with Crippen LogP contribution in [0.15, 0.2) is 24.3 Å². The summed E-state index contributed by atoms with van der Waals surface area (Å²) >= 11 is 0. The largest absolute Gasteiger partial charge is 1.00 e. The summed E-state index contributed by atoms with van der Waals surface area (Å²) in [6.45, 7) is 5.23. The topological polar surface area (TPSA) is 89.5 Å². The number of hydrogen-bond donors (Lipinski definition) is 2. The quantitative estimate of drug-likeness (QED) is 0.698. The number of urea groups is 1. The van der Waals surface area contributed by atoms with Crippen molar-refractivity contribution in [2.75, 3.05) is 25.0 Å². The van der Waals surface area contributed by atoms with Gasteiger partial charge in [-0.1, -0.05) is 31.5 Å². The van der Waals surface area contributed by atoms with Crippen molar-refractivity contribution in [3.8, 4) is 0 Å². The molecule has 25 heavy (non-hydrogen) atoms. The molecule has 0 spiro atoms. The minimum Gasteiger partial charge on any atom is -0.661 e. The third-order valence-corrected chi connectivity index (χ3v) is 3.79. The molecular formula is C18H29KN4O2. The number of primary amides is 1. The molecule has 0 radical (unpaired) electrons. The van der Waals surface area contributed by atoms with Crippen LogP contribution < -0.4 is 67.3 Å². The van der Waals surface area contributed by atoms with Crippen LogP contribution in [0, 0.1) is 0 Å². The molecule has 7 heteroatoms. The van der Waals surface area contributed by atoms with Crippen molar-refractivity contribution >= 4 is 17.6 Å². The van der Waals surface area contributed by atoms with Crippen LogP contribution in [-0.2, 0) is 11.3 Å². The zero-order chi connectivity index (χ0) is 17.8. The number of nitrogens with two attached hydrogens (primary N) is 1. The van der Waals surface area contributed by atoms with Gasteiger partial charge < -0.3 is 16.0 Å². The number of para-hydroxylation sites is 1. The molecule has 1 saturated heterocycles. The van der Waals surface area contributed by atoms with Gasteiger partial charge in [0.25, 0.3) is 0 Å². The first kappa shape index (κ1) is 24.6. The number of rotatable bonds is 6. The Balaban J connectivity index is 0.000000471. The van der Waals surface area contributed by atoms with Gasteiger partial charge in [-0.2, -0.15) is 7.05 Å². The fourth-order valence-electron chi connectivity index (χ4n) is 2.62. The van der Waals surface area contributed by atoms with Crippen molar-refractivity contribution in [3.05, 3.63) is 35.1 Å². The Morgan fingerprint density at radius 3 is 2.44 bits per heavy atom. The Hall–Kier alpha value is -0.444. The third kappa shape index (κ3) is 10.3. The van der Waals surface area contributed by atoms with Crippen molar-refractivity contribution in [3.63, 3.8) is 0 Å². The molecule has 1 aliphatic heterocycles. The van der Waals surface area contributed by atoms with Gasteiger partial charge in [-0.05, 0) is 30.9 Å².